The van der Waals surface area contributed by atoms with Crippen LogP contribution < -0.4 is 10.5 Å². The van der Waals surface area contributed by atoms with Crippen molar-refractivity contribution in [2.24, 2.45) is 5.73 Å². The fourth-order valence-electron chi connectivity index (χ4n) is 3.06. The topological polar surface area (TPSA) is 41.7 Å². The first kappa shape index (κ1) is 16.6. The van der Waals surface area contributed by atoms with Crippen molar-refractivity contribution < 1.29 is 4.74 Å². The van der Waals surface area contributed by atoms with Gasteiger partial charge in [-0.3, -0.25) is 0 Å². The fraction of sp³-hybridized carbons (Fsp3) is 0.625. The number of ether oxygens (including phenoxy) is 1. The number of nitrogens with zero attached hydrogens (tertiary/aromatic N) is 2. The molecule has 0 spiro atoms. The molecule has 4 nitrogen and oxygen atoms in total. The third-order valence-corrected chi connectivity index (χ3v) is 4.54. The maximum atomic E-state index is 6.51. The van der Waals surface area contributed by atoms with Gasteiger partial charge in [0.05, 0.1) is 7.11 Å². The molecule has 0 bridgehead atoms. The zero-order valence-corrected chi connectivity index (χ0v) is 13.9. The summed E-state index contributed by atoms with van der Waals surface area (Å²) in [5.74, 6) is 0.861. The molecule has 2 N–H and O–H groups in total. The van der Waals surface area contributed by atoms with Crippen molar-refractivity contribution in [2.75, 3.05) is 40.8 Å². The lowest BCUT2D eigenvalue weighted by molar-refractivity contribution is 0.194. The van der Waals surface area contributed by atoms with Crippen LogP contribution in [0.5, 0.6) is 5.75 Å². The van der Waals surface area contributed by atoms with E-state index in [-0.39, 0.29) is 6.04 Å². The highest BCUT2D eigenvalue weighted by Gasteiger charge is 2.26. The largest absolute Gasteiger partial charge is 0.496 e. The van der Waals surface area contributed by atoms with Gasteiger partial charge in [0.2, 0.25) is 0 Å². The molecule has 1 aliphatic heterocycles. The van der Waals surface area contributed by atoms with Gasteiger partial charge in [0, 0.05) is 23.7 Å². The highest BCUT2D eigenvalue weighted by atomic mass is 35.5. The van der Waals surface area contributed by atoms with Gasteiger partial charge in [-0.1, -0.05) is 11.6 Å². The molecular formula is C16H26ClN3O. The van der Waals surface area contributed by atoms with E-state index in [0.29, 0.717) is 6.04 Å². The Hall–Kier alpha value is -0.810. The zero-order chi connectivity index (χ0) is 15.4. The summed E-state index contributed by atoms with van der Waals surface area (Å²) in [6.45, 7) is 3.23. The minimum Gasteiger partial charge on any atom is -0.496 e. The number of benzene rings is 1. The maximum absolute atomic E-state index is 6.51. The van der Waals surface area contributed by atoms with E-state index >= 15 is 0 Å². The molecule has 21 heavy (non-hydrogen) atoms. The number of nitrogens with two attached hydrogens (primary N) is 1. The van der Waals surface area contributed by atoms with Gasteiger partial charge in [-0.15, -0.1) is 0 Å². The average Bonchev–Trinajstić information content (AvgIpc) is 2.60. The SMILES string of the molecule is COc1ccc(Cl)cc1CC(N)C1CN(C)CCCN1C. The second kappa shape index (κ2) is 7.45. The van der Waals surface area contributed by atoms with Crippen LogP contribution in [-0.2, 0) is 6.42 Å². The summed E-state index contributed by atoms with van der Waals surface area (Å²) in [6, 6.07) is 6.12. The van der Waals surface area contributed by atoms with Crippen LogP contribution in [0.25, 0.3) is 0 Å². The van der Waals surface area contributed by atoms with E-state index < -0.39 is 0 Å². The Morgan fingerprint density at radius 2 is 2.14 bits per heavy atom. The first-order valence-corrected chi connectivity index (χ1v) is 7.86. The van der Waals surface area contributed by atoms with Crippen LogP contribution in [0.2, 0.25) is 5.02 Å². The van der Waals surface area contributed by atoms with Crippen molar-refractivity contribution in [1.82, 2.24) is 9.80 Å². The van der Waals surface area contributed by atoms with E-state index in [9.17, 15) is 0 Å². The molecule has 0 radical (unpaired) electrons. The summed E-state index contributed by atoms with van der Waals surface area (Å²) in [7, 11) is 6.02. The highest BCUT2D eigenvalue weighted by molar-refractivity contribution is 6.30. The van der Waals surface area contributed by atoms with Crippen molar-refractivity contribution in [3.63, 3.8) is 0 Å². The van der Waals surface area contributed by atoms with Crippen LogP contribution in [-0.4, -0.2) is 62.7 Å². The average molecular weight is 312 g/mol. The Balaban J connectivity index is 2.12. The molecule has 1 aliphatic rings. The van der Waals surface area contributed by atoms with E-state index in [1.165, 1.54) is 6.42 Å². The van der Waals surface area contributed by atoms with Gasteiger partial charge in [-0.25, -0.2) is 0 Å². The number of rotatable bonds is 4. The minimum atomic E-state index is 0.0583. The number of likely N-dealkylation sites (N-methyl/N-ethyl adjacent to an activating group) is 2. The van der Waals surface area contributed by atoms with Gasteiger partial charge in [0.15, 0.2) is 0 Å². The Morgan fingerprint density at radius 3 is 2.86 bits per heavy atom. The standard InChI is InChI=1S/C16H26ClN3O/c1-19-7-4-8-20(2)15(11-19)14(18)10-12-9-13(17)5-6-16(12)21-3/h5-6,9,14-15H,4,7-8,10-11,18H2,1-3H3. The first-order chi connectivity index (χ1) is 10.0. The molecule has 2 rings (SSSR count). The predicted octanol–water partition coefficient (Wildman–Crippen LogP) is 1.85. The molecule has 0 aliphatic carbocycles. The molecule has 1 heterocycles. The summed E-state index contributed by atoms with van der Waals surface area (Å²) in [5.41, 5.74) is 7.59. The van der Waals surface area contributed by atoms with E-state index in [2.05, 4.69) is 23.9 Å². The lowest BCUT2D eigenvalue weighted by atomic mass is 9.98. The van der Waals surface area contributed by atoms with Crippen molar-refractivity contribution in [3.8, 4) is 5.75 Å². The third-order valence-electron chi connectivity index (χ3n) is 4.31. The Kier molecular flexibility index (Phi) is 5.88. The quantitative estimate of drug-likeness (QED) is 0.921. The Labute approximate surface area is 132 Å². The molecule has 1 aromatic rings. The molecule has 118 valence electrons. The third kappa shape index (κ3) is 4.33. The van der Waals surface area contributed by atoms with Crippen LogP contribution >= 0.6 is 11.6 Å². The molecule has 5 heteroatoms. The van der Waals surface area contributed by atoms with Crippen LogP contribution in [0.1, 0.15) is 12.0 Å². The normalized spacial score (nSPS) is 22.8. The number of halogens is 1. The van der Waals surface area contributed by atoms with Gasteiger partial charge in [-0.05, 0) is 63.8 Å². The van der Waals surface area contributed by atoms with E-state index in [1.807, 2.05) is 18.2 Å². The van der Waals surface area contributed by atoms with Crippen LogP contribution in [0.4, 0.5) is 0 Å². The van der Waals surface area contributed by atoms with Crippen LogP contribution in [0, 0.1) is 0 Å². The molecule has 0 saturated carbocycles. The second-order valence-corrected chi connectivity index (χ2v) is 6.42. The zero-order valence-electron chi connectivity index (χ0n) is 13.2. The van der Waals surface area contributed by atoms with Gasteiger partial charge in [0.25, 0.3) is 0 Å². The van der Waals surface area contributed by atoms with E-state index in [1.54, 1.807) is 7.11 Å². The molecule has 1 fully saturated rings. The van der Waals surface area contributed by atoms with Gasteiger partial charge >= 0.3 is 0 Å². The lowest BCUT2D eigenvalue weighted by Gasteiger charge is -2.32. The summed E-state index contributed by atoms with van der Waals surface area (Å²) in [5, 5.41) is 0.726. The van der Waals surface area contributed by atoms with Crippen molar-refractivity contribution in [2.45, 2.75) is 24.9 Å². The van der Waals surface area contributed by atoms with Gasteiger partial charge < -0.3 is 20.3 Å². The Morgan fingerprint density at radius 1 is 1.38 bits per heavy atom. The number of hydrogen-bond donors (Lipinski definition) is 1. The van der Waals surface area contributed by atoms with Crippen molar-refractivity contribution in [1.29, 1.82) is 0 Å². The van der Waals surface area contributed by atoms with Gasteiger partial charge in [0.1, 0.15) is 5.75 Å². The molecule has 0 amide bonds. The fourth-order valence-corrected chi connectivity index (χ4v) is 3.26. The lowest BCUT2D eigenvalue weighted by Crippen LogP contribution is -2.51. The minimum absolute atomic E-state index is 0.0583. The smallest absolute Gasteiger partial charge is 0.122 e. The van der Waals surface area contributed by atoms with Crippen molar-refractivity contribution in [3.05, 3.63) is 28.8 Å². The molecule has 2 unspecified atom stereocenters. The molecule has 1 saturated heterocycles. The molecule has 1 aromatic carbocycles. The second-order valence-electron chi connectivity index (χ2n) is 5.99. The van der Waals surface area contributed by atoms with Gasteiger partial charge in [-0.2, -0.15) is 0 Å². The molecule has 2 atom stereocenters. The van der Waals surface area contributed by atoms with Crippen LogP contribution in [0.3, 0.4) is 0 Å². The first-order valence-electron chi connectivity index (χ1n) is 7.48. The van der Waals surface area contributed by atoms with Crippen molar-refractivity contribution >= 4 is 11.6 Å². The molecular weight excluding hydrogens is 286 g/mol. The number of methoxy groups -OCH3 is 1. The highest BCUT2D eigenvalue weighted by Crippen LogP contribution is 2.25. The van der Waals surface area contributed by atoms with Crippen LogP contribution in [0.15, 0.2) is 18.2 Å². The summed E-state index contributed by atoms with van der Waals surface area (Å²) in [6.07, 6.45) is 1.96. The molecule has 0 aromatic heterocycles. The summed E-state index contributed by atoms with van der Waals surface area (Å²) in [4.78, 5) is 4.74. The van der Waals surface area contributed by atoms with E-state index in [0.717, 1.165) is 42.4 Å². The summed E-state index contributed by atoms with van der Waals surface area (Å²) < 4.78 is 5.42. The monoisotopic (exact) mass is 311 g/mol. The summed E-state index contributed by atoms with van der Waals surface area (Å²) >= 11 is 6.11. The Bertz CT molecular complexity index is 469. The number of hydrogen-bond acceptors (Lipinski definition) is 4. The predicted molar refractivity (Wildman–Crippen MR) is 88.2 cm³/mol. The van der Waals surface area contributed by atoms with E-state index in [4.69, 9.17) is 22.1 Å². The maximum Gasteiger partial charge on any atom is 0.122 e.